The average molecular weight is 406 g/mol. The molecule has 2 amide bonds. The van der Waals surface area contributed by atoms with Crippen LogP contribution in [0.1, 0.15) is 24.2 Å². The number of amides is 2. The van der Waals surface area contributed by atoms with Crippen LogP contribution in [0.4, 0.5) is 17.1 Å². The molecule has 2 aromatic carbocycles. The molecule has 0 radical (unpaired) electrons. The topological polar surface area (TPSA) is 101 Å². The van der Waals surface area contributed by atoms with Crippen molar-refractivity contribution >= 4 is 44.8 Å². The first-order valence-corrected chi connectivity index (χ1v) is 8.23. The number of nitrogens with zero attached hydrogens (tertiary/aromatic N) is 1. The maximum absolute atomic E-state index is 12.2. The summed E-state index contributed by atoms with van der Waals surface area (Å²) in [5.74, 6) is -0.693. The van der Waals surface area contributed by atoms with Gasteiger partial charge < -0.3 is 10.6 Å². The van der Waals surface area contributed by atoms with E-state index in [-0.39, 0.29) is 23.1 Å². The normalized spacial score (nSPS) is 10.4. The Morgan fingerprint density at radius 2 is 1.60 bits per heavy atom. The Kier molecular flexibility index (Phi) is 5.87. The Balaban J connectivity index is 2.09. The number of carbonyl (C=O) groups excluding carboxylic acids is 2. The molecule has 8 heteroatoms. The molecule has 0 heterocycles. The van der Waals surface area contributed by atoms with Gasteiger partial charge in [0.25, 0.3) is 11.6 Å². The summed E-state index contributed by atoms with van der Waals surface area (Å²) in [7, 11) is 0. The zero-order chi connectivity index (χ0) is 18.6. The molecule has 2 N–H and O–H groups in total. The highest BCUT2D eigenvalue weighted by Gasteiger charge is 2.16. The molecule has 0 aliphatic carbocycles. The monoisotopic (exact) mass is 405 g/mol. The largest absolute Gasteiger partial charge is 0.326 e. The average Bonchev–Trinajstić information content (AvgIpc) is 2.56. The molecule has 0 fully saturated rings. The number of hydrogen-bond acceptors (Lipinski definition) is 4. The Hall–Kier alpha value is -2.74. The van der Waals surface area contributed by atoms with E-state index in [1.807, 2.05) is 0 Å². The van der Waals surface area contributed by atoms with Crippen LogP contribution in [0.25, 0.3) is 0 Å². The quantitative estimate of drug-likeness (QED) is 0.574. The molecule has 0 aliphatic rings. The lowest BCUT2D eigenvalue weighted by Crippen LogP contribution is -2.17. The molecule has 0 unspecified atom stereocenters. The Labute approximate surface area is 152 Å². The minimum absolute atomic E-state index is 0.0982. The number of nitro benzene ring substituents is 1. The van der Waals surface area contributed by atoms with Gasteiger partial charge in [-0.2, -0.15) is 0 Å². The van der Waals surface area contributed by atoms with E-state index in [1.54, 1.807) is 38.1 Å². The van der Waals surface area contributed by atoms with Gasteiger partial charge in [0.1, 0.15) is 0 Å². The third-order valence-corrected chi connectivity index (χ3v) is 4.01. The van der Waals surface area contributed by atoms with Gasteiger partial charge in [-0.3, -0.25) is 19.7 Å². The number of benzene rings is 2. The van der Waals surface area contributed by atoms with Crippen LogP contribution in [0, 0.1) is 16.0 Å². The van der Waals surface area contributed by atoms with Crippen molar-refractivity contribution in [1.29, 1.82) is 0 Å². The van der Waals surface area contributed by atoms with Crippen molar-refractivity contribution in [1.82, 2.24) is 0 Å². The Morgan fingerprint density at radius 1 is 1.04 bits per heavy atom. The minimum atomic E-state index is -0.562. The van der Waals surface area contributed by atoms with E-state index >= 15 is 0 Å². The maximum atomic E-state index is 12.2. The van der Waals surface area contributed by atoms with E-state index in [9.17, 15) is 19.7 Å². The van der Waals surface area contributed by atoms with E-state index < -0.39 is 10.8 Å². The van der Waals surface area contributed by atoms with E-state index in [4.69, 9.17) is 0 Å². The lowest BCUT2D eigenvalue weighted by molar-refractivity contribution is -0.385. The lowest BCUT2D eigenvalue weighted by atomic mass is 10.1. The molecule has 2 aromatic rings. The summed E-state index contributed by atoms with van der Waals surface area (Å²) in [6, 6.07) is 10.8. The number of halogens is 1. The van der Waals surface area contributed by atoms with Crippen molar-refractivity contribution in [3.8, 4) is 0 Å². The van der Waals surface area contributed by atoms with Crippen molar-refractivity contribution in [3.63, 3.8) is 0 Å². The fourth-order valence-corrected chi connectivity index (χ4v) is 2.31. The second-order valence-corrected chi connectivity index (χ2v) is 6.45. The van der Waals surface area contributed by atoms with Crippen molar-refractivity contribution in [2.45, 2.75) is 13.8 Å². The SMILES string of the molecule is CC(C)C(=O)Nc1ccc(NC(=O)c2ccc(Br)c([N+](=O)[O-])c2)cc1. The van der Waals surface area contributed by atoms with Gasteiger partial charge in [0, 0.05) is 28.9 Å². The molecule has 0 saturated heterocycles. The van der Waals surface area contributed by atoms with Gasteiger partial charge in [-0.05, 0) is 52.3 Å². The highest BCUT2D eigenvalue weighted by atomic mass is 79.9. The van der Waals surface area contributed by atoms with Gasteiger partial charge in [0.05, 0.1) is 9.40 Å². The molecular formula is C17H16BrN3O4. The van der Waals surface area contributed by atoms with Gasteiger partial charge in [-0.25, -0.2) is 0 Å². The zero-order valence-electron chi connectivity index (χ0n) is 13.6. The summed E-state index contributed by atoms with van der Waals surface area (Å²) in [5.41, 5.74) is 1.13. The van der Waals surface area contributed by atoms with E-state index in [0.29, 0.717) is 15.8 Å². The van der Waals surface area contributed by atoms with Crippen LogP contribution in [0.2, 0.25) is 0 Å². The first-order valence-electron chi connectivity index (χ1n) is 7.44. The van der Waals surface area contributed by atoms with Crippen LogP contribution in [0.15, 0.2) is 46.9 Å². The van der Waals surface area contributed by atoms with Crippen molar-refractivity contribution < 1.29 is 14.5 Å². The first-order chi connectivity index (χ1) is 11.8. The molecule has 0 atom stereocenters. The number of carbonyl (C=O) groups is 2. The van der Waals surface area contributed by atoms with Crippen LogP contribution >= 0.6 is 15.9 Å². The van der Waals surface area contributed by atoms with Gasteiger partial charge in [0.2, 0.25) is 5.91 Å². The molecule has 2 rings (SSSR count). The van der Waals surface area contributed by atoms with Gasteiger partial charge in [0.15, 0.2) is 0 Å². The molecule has 0 spiro atoms. The first kappa shape index (κ1) is 18.6. The molecule has 0 aliphatic heterocycles. The third kappa shape index (κ3) is 4.87. The van der Waals surface area contributed by atoms with Crippen molar-refractivity contribution in [2.75, 3.05) is 10.6 Å². The Bertz CT molecular complexity index is 819. The minimum Gasteiger partial charge on any atom is -0.326 e. The summed E-state index contributed by atoms with van der Waals surface area (Å²) < 4.78 is 0.305. The molecule has 0 saturated carbocycles. The lowest BCUT2D eigenvalue weighted by Gasteiger charge is -2.09. The second-order valence-electron chi connectivity index (χ2n) is 5.60. The van der Waals surface area contributed by atoms with E-state index in [2.05, 4.69) is 26.6 Å². The smallest absolute Gasteiger partial charge is 0.284 e. The molecule has 7 nitrogen and oxygen atoms in total. The zero-order valence-corrected chi connectivity index (χ0v) is 15.2. The number of hydrogen-bond donors (Lipinski definition) is 2. The van der Waals surface area contributed by atoms with Crippen LogP contribution < -0.4 is 10.6 Å². The fraction of sp³-hybridized carbons (Fsp3) is 0.176. The molecule has 0 bridgehead atoms. The highest BCUT2D eigenvalue weighted by molar-refractivity contribution is 9.10. The maximum Gasteiger partial charge on any atom is 0.284 e. The summed E-state index contributed by atoms with van der Waals surface area (Å²) in [4.78, 5) is 34.2. The van der Waals surface area contributed by atoms with Crippen LogP contribution in [-0.4, -0.2) is 16.7 Å². The summed E-state index contributed by atoms with van der Waals surface area (Å²) in [5, 5.41) is 16.3. The summed E-state index contributed by atoms with van der Waals surface area (Å²) >= 11 is 3.08. The number of nitro groups is 1. The summed E-state index contributed by atoms with van der Waals surface area (Å²) in [6.07, 6.45) is 0. The predicted molar refractivity (Wildman–Crippen MR) is 98.7 cm³/mol. The predicted octanol–water partition coefficient (Wildman–Crippen LogP) is 4.20. The standard InChI is InChI=1S/C17H16BrN3O4/c1-10(2)16(22)19-12-4-6-13(7-5-12)20-17(23)11-3-8-14(18)15(9-11)21(24)25/h3-10H,1-2H3,(H,19,22)(H,20,23). The Morgan fingerprint density at radius 3 is 2.12 bits per heavy atom. The number of anilines is 2. The second kappa shape index (κ2) is 7.89. The van der Waals surface area contributed by atoms with E-state index in [0.717, 1.165) is 0 Å². The highest BCUT2D eigenvalue weighted by Crippen LogP contribution is 2.26. The van der Waals surface area contributed by atoms with Gasteiger partial charge in [-0.1, -0.05) is 13.8 Å². The number of nitrogens with one attached hydrogen (secondary N) is 2. The van der Waals surface area contributed by atoms with Crippen molar-refractivity contribution in [2.24, 2.45) is 5.92 Å². The summed E-state index contributed by atoms with van der Waals surface area (Å²) in [6.45, 7) is 3.59. The molecule has 130 valence electrons. The molecule has 25 heavy (non-hydrogen) atoms. The van der Waals surface area contributed by atoms with Crippen LogP contribution in [0.3, 0.4) is 0 Å². The van der Waals surface area contributed by atoms with Gasteiger partial charge >= 0.3 is 0 Å². The van der Waals surface area contributed by atoms with E-state index in [1.165, 1.54) is 18.2 Å². The fourth-order valence-electron chi connectivity index (χ4n) is 1.92. The van der Waals surface area contributed by atoms with Gasteiger partial charge in [-0.15, -0.1) is 0 Å². The van der Waals surface area contributed by atoms with Crippen molar-refractivity contribution in [3.05, 3.63) is 62.6 Å². The van der Waals surface area contributed by atoms with Crippen LogP contribution in [0.5, 0.6) is 0 Å². The molecule has 0 aromatic heterocycles. The number of rotatable bonds is 5. The third-order valence-electron chi connectivity index (χ3n) is 3.34. The van der Waals surface area contributed by atoms with Crippen LogP contribution in [-0.2, 0) is 4.79 Å². The molecular weight excluding hydrogens is 390 g/mol.